The van der Waals surface area contributed by atoms with Crippen molar-refractivity contribution in [3.05, 3.63) is 64.6 Å². The van der Waals surface area contributed by atoms with E-state index in [-0.39, 0.29) is 11.3 Å². The van der Waals surface area contributed by atoms with Crippen molar-refractivity contribution in [1.29, 1.82) is 0 Å². The van der Waals surface area contributed by atoms with Crippen LogP contribution in [0.2, 0.25) is 0 Å². The van der Waals surface area contributed by atoms with Gasteiger partial charge in [0.1, 0.15) is 0 Å². The second-order valence-electron chi connectivity index (χ2n) is 4.39. The topological polar surface area (TPSA) is 43.1 Å². The summed E-state index contributed by atoms with van der Waals surface area (Å²) in [7, 11) is -1.11. The lowest BCUT2D eigenvalue weighted by molar-refractivity contribution is 0.643. The molecule has 100 valence electrons. The molecule has 0 saturated carbocycles. The Bertz CT molecular complexity index is 556. The maximum absolute atomic E-state index is 12.5. The molecule has 2 nitrogen and oxygen atoms in total. The quantitative estimate of drug-likeness (QED) is 0.925. The van der Waals surface area contributed by atoms with E-state index < -0.39 is 10.8 Å². The lowest BCUT2D eigenvalue weighted by atomic mass is 10.1. The predicted octanol–water partition coefficient (Wildman–Crippen LogP) is 3.65. The lowest BCUT2D eigenvalue weighted by Gasteiger charge is -2.20. The van der Waals surface area contributed by atoms with E-state index in [1.807, 2.05) is 61.5 Å². The molecule has 0 aliphatic carbocycles. The Morgan fingerprint density at radius 3 is 2.21 bits per heavy atom. The third kappa shape index (κ3) is 3.53. The van der Waals surface area contributed by atoms with Crippen molar-refractivity contribution in [1.82, 2.24) is 0 Å². The molecule has 0 aromatic heterocycles. The Kier molecular flexibility index (Phi) is 4.91. The van der Waals surface area contributed by atoms with Crippen LogP contribution in [-0.2, 0) is 10.8 Å². The van der Waals surface area contributed by atoms with Crippen LogP contribution in [0.25, 0.3) is 0 Å². The molecular weight excluding hydrogens is 322 g/mol. The Balaban J connectivity index is 2.17. The van der Waals surface area contributed by atoms with Crippen LogP contribution in [0.4, 0.5) is 0 Å². The zero-order chi connectivity index (χ0) is 13.8. The highest BCUT2D eigenvalue weighted by Gasteiger charge is 2.21. The fourth-order valence-electron chi connectivity index (χ4n) is 1.86. The first-order valence-corrected chi connectivity index (χ1v) is 8.07. The maximum Gasteiger partial charge on any atom is 0.0577 e. The fourth-order valence-corrected chi connectivity index (χ4v) is 3.38. The molecule has 2 rings (SSSR count). The minimum atomic E-state index is -1.11. The normalized spacial score (nSPS) is 15.7. The van der Waals surface area contributed by atoms with Crippen molar-refractivity contribution in [2.75, 3.05) is 0 Å². The average molecular weight is 338 g/mol. The van der Waals surface area contributed by atoms with Gasteiger partial charge in [0, 0.05) is 15.4 Å². The molecule has 0 heterocycles. The second-order valence-corrected chi connectivity index (χ2v) is 7.12. The van der Waals surface area contributed by atoms with Crippen molar-refractivity contribution in [3.63, 3.8) is 0 Å². The highest BCUT2D eigenvalue weighted by molar-refractivity contribution is 9.10. The molecule has 0 radical (unpaired) electrons. The molecule has 3 unspecified atom stereocenters. The zero-order valence-electron chi connectivity index (χ0n) is 10.6. The van der Waals surface area contributed by atoms with E-state index in [2.05, 4.69) is 15.9 Å². The fraction of sp³-hybridized carbons (Fsp3) is 0.200. The highest BCUT2D eigenvalue weighted by atomic mass is 79.9. The Hall–Kier alpha value is -0.970. The van der Waals surface area contributed by atoms with Gasteiger partial charge in [0.05, 0.1) is 16.0 Å². The Morgan fingerprint density at radius 2 is 1.63 bits per heavy atom. The lowest BCUT2D eigenvalue weighted by Crippen LogP contribution is -2.27. The monoisotopic (exact) mass is 337 g/mol. The molecule has 4 heteroatoms. The van der Waals surface area contributed by atoms with Gasteiger partial charge < -0.3 is 5.73 Å². The van der Waals surface area contributed by atoms with Gasteiger partial charge in [-0.2, -0.15) is 0 Å². The Morgan fingerprint density at radius 1 is 1.05 bits per heavy atom. The molecule has 3 atom stereocenters. The van der Waals surface area contributed by atoms with Crippen LogP contribution in [-0.4, -0.2) is 9.46 Å². The van der Waals surface area contributed by atoms with Crippen molar-refractivity contribution >= 4 is 26.7 Å². The molecule has 0 spiro atoms. The summed E-state index contributed by atoms with van der Waals surface area (Å²) in [6.45, 7) is 1.93. The summed E-state index contributed by atoms with van der Waals surface area (Å²) in [5, 5.41) is -0.136. The van der Waals surface area contributed by atoms with Crippen molar-refractivity contribution < 1.29 is 4.21 Å². The van der Waals surface area contributed by atoms with E-state index in [9.17, 15) is 4.21 Å². The molecule has 2 aromatic rings. The van der Waals surface area contributed by atoms with Gasteiger partial charge in [-0.1, -0.05) is 46.3 Å². The van der Waals surface area contributed by atoms with Crippen LogP contribution < -0.4 is 5.73 Å². The molecule has 0 fully saturated rings. The minimum Gasteiger partial charge on any atom is -0.323 e. The molecule has 19 heavy (non-hydrogen) atoms. The maximum atomic E-state index is 12.5. The number of hydrogen-bond donors (Lipinski definition) is 1. The third-order valence-corrected chi connectivity index (χ3v) is 5.31. The van der Waals surface area contributed by atoms with Gasteiger partial charge in [0.15, 0.2) is 0 Å². The van der Waals surface area contributed by atoms with Crippen molar-refractivity contribution in [3.8, 4) is 0 Å². The summed E-state index contributed by atoms with van der Waals surface area (Å²) < 4.78 is 13.5. The second kappa shape index (κ2) is 6.46. The van der Waals surface area contributed by atoms with Crippen molar-refractivity contribution in [2.45, 2.75) is 23.1 Å². The number of halogens is 1. The van der Waals surface area contributed by atoms with Gasteiger partial charge in [-0.15, -0.1) is 0 Å². The SMILES string of the molecule is CC(C(N)c1ccccc1)S(=O)c1ccc(Br)cc1. The van der Waals surface area contributed by atoms with E-state index in [4.69, 9.17) is 5.73 Å². The third-order valence-electron chi connectivity index (χ3n) is 3.07. The summed E-state index contributed by atoms with van der Waals surface area (Å²) in [6, 6.07) is 17.1. The van der Waals surface area contributed by atoms with E-state index in [1.165, 1.54) is 0 Å². The van der Waals surface area contributed by atoms with Gasteiger partial charge in [-0.25, -0.2) is 0 Å². The zero-order valence-corrected chi connectivity index (χ0v) is 13.0. The van der Waals surface area contributed by atoms with Crippen LogP contribution in [0.15, 0.2) is 64.0 Å². The molecule has 2 aromatic carbocycles. The number of benzene rings is 2. The first-order chi connectivity index (χ1) is 9.09. The minimum absolute atomic E-state index is 0.136. The smallest absolute Gasteiger partial charge is 0.0577 e. The standard InChI is InChI=1S/C15H16BrNOS/c1-11(15(17)12-5-3-2-4-6-12)19(18)14-9-7-13(16)8-10-14/h2-11,15H,17H2,1H3. The van der Waals surface area contributed by atoms with E-state index >= 15 is 0 Å². The summed E-state index contributed by atoms with van der Waals surface area (Å²) in [6.07, 6.45) is 0. The van der Waals surface area contributed by atoms with Crippen LogP contribution in [0, 0.1) is 0 Å². The number of rotatable bonds is 4. The molecule has 2 N–H and O–H groups in total. The molecule has 0 aliphatic rings. The van der Waals surface area contributed by atoms with Gasteiger partial charge in [-0.3, -0.25) is 4.21 Å². The van der Waals surface area contributed by atoms with Crippen LogP contribution in [0.5, 0.6) is 0 Å². The number of nitrogens with two attached hydrogens (primary N) is 1. The first kappa shape index (κ1) is 14.4. The molecule has 0 amide bonds. The van der Waals surface area contributed by atoms with Crippen molar-refractivity contribution in [2.24, 2.45) is 5.73 Å². The Labute approximate surface area is 124 Å². The van der Waals surface area contributed by atoms with Crippen LogP contribution in [0.1, 0.15) is 18.5 Å². The van der Waals surface area contributed by atoms with E-state index in [1.54, 1.807) is 0 Å². The summed E-state index contributed by atoms with van der Waals surface area (Å²) in [5.41, 5.74) is 7.22. The molecular formula is C15H16BrNOS. The van der Waals surface area contributed by atoms with Gasteiger partial charge in [0.2, 0.25) is 0 Å². The number of hydrogen-bond acceptors (Lipinski definition) is 2. The van der Waals surface area contributed by atoms with E-state index in [0.29, 0.717) is 0 Å². The summed E-state index contributed by atoms with van der Waals surface area (Å²) in [4.78, 5) is 0.807. The van der Waals surface area contributed by atoms with E-state index in [0.717, 1.165) is 14.9 Å². The predicted molar refractivity (Wildman–Crippen MR) is 83.4 cm³/mol. The molecule has 0 bridgehead atoms. The summed E-state index contributed by atoms with van der Waals surface area (Å²) in [5.74, 6) is 0. The highest BCUT2D eigenvalue weighted by Crippen LogP contribution is 2.23. The van der Waals surface area contributed by atoms with Crippen LogP contribution in [0.3, 0.4) is 0 Å². The first-order valence-electron chi connectivity index (χ1n) is 6.06. The molecule has 0 aliphatic heterocycles. The van der Waals surface area contributed by atoms with Gasteiger partial charge in [-0.05, 0) is 36.8 Å². The summed E-state index contributed by atoms with van der Waals surface area (Å²) >= 11 is 3.37. The largest absolute Gasteiger partial charge is 0.323 e. The van der Waals surface area contributed by atoms with Gasteiger partial charge >= 0.3 is 0 Å². The van der Waals surface area contributed by atoms with Crippen LogP contribution >= 0.6 is 15.9 Å². The average Bonchev–Trinajstić information content (AvgIpc) is 2.46. The van der Waals surface area contributed by atoms with Gasteiger partial charge in [0.25, 0.3) is 0 Å². The molecule has 0 saturated heterocycles.